The van der Waals surface area contributed by atoms with Crippen LogP contribution in [0, 0.1) is 11.3 Å². The molecule has 3 N–H and O–H groups in total. The molecule has 1 aliphatic rings. The summed E-state index contributed by atoms with van der Waals surface area (Å²) in [4.78, 5) is 11.3. The SMILES string of the molecule is CC(C)(CO)CNCC(=O)NCC1CC1. The molecular weight excluding hydrogens is 192 g/mol. The number of amides is 1. The number of nitrogens with one attached hydrogen (secondary N) is 2. The third-order valence-electron chi connectivity index (χ3n) is 2.60. The quantitative estimate of drug-likeness (QED) is 0.564. The molecule has 4 nitrogen and oxygen atoms in total. The van der Waals surface area contributed by atoms with Crippen molar-refractivity contribution < 1.29 is 9.90 Å². The summed E-state index contributed by atoms with van der Waals surface area (Å²) in [6, 6.07) is 0. The van der Waals surface area contributed by atoms with Crippen molar-refractivity contribution >= 4 is 5.91 Å². The Morgan fingerprint density at radius 2 is 2.13 bits per heavy atom. The fraction of sp³-hybridized carbons (Fsp3) is 0.909. The first-order valence-corrected chi connectivity index (χ1v) is 5.62. The smallest absolute Gasteiger partial charge is 0.233 e. The van der Waals surface area contributed by atoms with Gasteiger partial charge < -0.3 is 15.7 Å². The zero-order valence-electron chi connectivity index (χ0n) is 9.68. The summed E-state index contributed by atoms with van der Waals surface area (Å²) in [5.74, 6) is 0.776. The summed E-state index contributed by atoms with van der Waals surface area (Å²) in [6.45, 7) is 5.87. The highest BCUT2D eigenvalue weighted by molar-refractivity contribution is 5.77. The average Bonchev–Trinajstić information content (AvgIpc) is 2.98. The fourth-order valence-electron chi connectivity index (χ4n) is 1.21. The van der Waals surface area contributed by atoms with Crippen LogP contribution in [-0.2, 0) is 4.79 Å². The van der Waals surface area contributed by atoms with Crippen LogP contribution in [0.15, 0.2) is 0 Å². The van der Waals surface area contributed by atoms with Crippen LogP contribution in [0.1, 0.15) is 26.7 Å². The lowest BCUT2D eigenvalue weighted by Crippen LogP contribution is -2.39. The van der Waals surface area contributed by atoms with Crippen LogP contribution in [-0.4, -0.2) is 37.3 Å². The normalized spacial score (nSPS) is 16.5. The first-order chi connectivity index (χ1) is 7.03. The van der Waals surface area contributed by atoms with Crippen LogP contribution in [0.5, 0.6) is 0 Å². The lowest BCUT2D eigenvalue weighted by molar-refractivity contribution is -0.120. The van der Waals surface area contributed by atoms with Gasteiger partial charge in [-0.05, 0) is 18.8 Å². The van der Waals surface area contributed by atoms with E-state index in [0.29, 0.717) is 13.1 Å². The Labute approximate surface area is 91.4 Å². The first-order valence-electron chi connectivity index (χ1n) is 5.62. The predicted octanol–water partition coefficient (Wildman–Crippen LogP) is 0.121. The minimum atomic E-state index is -0.156. The van der Waals surface area contributed by atoms with Crippen molar-refractivity contribution in [2.75, 3.05) is 26.2 Å². The lowest BCUT2D eigenvalue weighted by atomic mass is 9.95. The molecule has 0 aromatic rings. The Bertz CT molecular complexity index is 213. The van der Waals surface area contributed by atoms with Crippen molar-refractivity contribution in [3.8, 4) is 0 Å². The molecule has 0 aromatic carbocycles. The number of carbonyl (C=O) groups is 1. The Hall–Kier alpha value is -0.610. The maximum Gasteiger partial charge on any atom is 0.233 e. The topological polar surface area (TPSA) is 61.4 Å². The third kappa shape index (κ3) is 5.74. The largest absolute Gasteiger partial charge is 0.396 e. The van der Waals surface area contributed by atoms with Gasteiger partial charge in [0, 0.05) is 25.1 Å². The van der Waals surface area contributed by atoms with Crippen molar-refractivity contribution in [2.24, 2.45) is 11.3 Å². The number of rotatable bonds is 7. The predicted molar refractivity (Wildman–Crippen MR) is 59.5 cm³/mol. The van der Waals surface area contributed by atoms with Gasteiger partial charge in [-0.15, -0.1) is 0 Å². The highest BCUT2D eigenvalue weighted by atomic mass is 16.3. The standard InChI is InChI=1S/C11H22N2O2/c1-11(2,8-14)7-12-6-10(15)13-5-9-3-4-9/h9,12,14H,3-8H2,1-2H3,(H,13,15). The second kappa shape index (κ2) is 5.47. The molecule has 1 saturated carbocycles. The summed E-state index contributed by atoms with van der Waals surface area (Å²) in [5, 5.41) is 14.9. The molecule has 1 fully saturated rings. The molecule has 0 spiro atoms. The van der Waals surface area contributed by atoms with E-state index in [1.165, 1.54) is 12.8 Å². The third-order valence-corrected chi connectivity index (χ3v) is 2.60. The lowest BCUT2D eigenvalue weighted by Gasteiger charge is -2.21. The van der Waals surface area contributed by atoms with E-state index in [1.54, 1.807) is 0 Å². The second-order valence-electron chi connectivity index (χ2n) is 5.17. The van der Waals surface area contributed by atoms with Crippen LogP contribution in [0.25, 0.3) is 0 Å². The van der Waals surface area contributed by atoms with E-state index < -0.39 is 0 Å². The zero-order valence-corrected chi connectivity index (χ0v) is 9.68. The van der Waals surface area contributed by atoms with Gasteiger partial charge in [-0.1, -0.05) is 13.8 Å². The monoisotopic (exact) mass is 214 g/mol. The Kier molecular flexibility index (Phi) is 4.54. The molecule has 0 radical (unpaired) electrons. The first kappa shape index (κ1) is 12.5. The number of aliphatic hydroxyl groups excluding tert-OH is 1. The molecular formula is C11H22N2O2. The molecule has 0 atom stereocenters. The highest BCUT2D eigenvalue weighted by Crippen LogP contribution is 2.27. The van der Waals surface area contributed by atoms with E-state index in [9.17, 15) is 4.79 Å². The highest BCUT2D eigenvalue weighted by Gasteiger charge is 2.21. The van der Waals surface area contributed by atoms with E-state index >= 15 is 0 Å². The van der Waals surface area contributed by atoms with Crippen LogP contribution < -0.4 is 10.6 Å². The average molecular weight is 214 g/mol. The molecule has 15 heavy (non-hydrogen) atoms. The summed E-state index contributed by atoms with van der Waals surface area (Å²) in [7, 11) is 0. The van der Waals surface area contributed by atoms with Crippen molar-refractivity contribution in [1.82, 2.24) is 10.6 Å². The molecule has 1 amide bonds. The van der Waals surface area contributed by atoms with Crippen LogP contribution in [0.3, 0.4) is 0 Å². The number of hydrogen-bond donors (Lipinski definition) is 3. The number of aliphatic hydroxyl groups is 1. The summed E-state index contributed by atoms with van der Waals surface area (Å²) in [6.07, 6.45) is 2.51. The molecule has 4 heteroatoms. The van der Waals surface area contributed by atoms with E-state index in [0.717, 1.165) is 12.5 Å². The second-order valence-corrected chi connectivity index (χ2v) is 5.17. The van der Waals surface area contributed by atoms with Crippen LogP contribution in [0.2, 0.25) is 0 Å². The number of hydrogen-bond acceptors (Lipinski definition) is 3. The molecule has 0 unspecified atom stereocenters. The zero-order chi connectivity index (χ0) is 11.3. The summed E-state index contributed by atoms with van der Waals surface area (Å²) < 4.78 is 0. The van der Waals surface area contributed by atoms with Gasteiger partial charge in [0.05, 0.1) is 6.54 Å². The van der Waals surface area contributed by atoms with Gasteiger partial charge in [0.25, 0.3) is 0 Å². The van der Waals surface area contributed by atoms with Crippen LogP contribution in [0.4, 0.5) is 0 Å². The summed E-state index contributed by atoms with van der Waals surface area (Å²) >= 11 is 0. The maximum atomic E-state index is 11.3. The van der Waals surface area contributed by atoms with E-state index in [2.05, 4.69) is 10.6 Å². The molecule has 88 valence electrons. The molecule has 0 saturated heterocycles. The molecule has 0 aromatic heterocycles. The van der Waals surface area contributed by atoms with Gasteiger partial charge in [-0.3, -0.25) is 4.79 Å². The Morgan fingerprint density at radius 3 is 2.67 bits per heavy atom. The van der Waals surface area contributed by atoms with Gasteiger partial charge in [-0.25, -0.2) is 0 Å². The van der Waals surface area contributed by atoms with E-state index in [1.807, 2.05) is 13.8 Å². The fourth-order valence-corrected chi connectivity index (χ4v) is 1.21. The van der Waals surface area contributed by atoms with Crippen molar-refractivity contribution in [1.29, 1.82) is 0 Å². The van der Waals surface area contributed by atoms with Crippen LogP contribution >= 0.6 is 0 Å². The Balaban J connectivity index is 2.00. The van der Waals surface area contributed by atoms with Gasteiger partial charge in [0.15, 0.2) is 0 Å². The van der Waals surface area contributed by atoms with Crippen molar-refractivity contribution in [3.63, 3.8) is 0 Å². The van der Waals surface area contributed by atoms with Gasteiger partial charge >= 0.3 is 0 Å². The molecule has 1 rings (SSSR count). The minimum absolute atomic E-state index is 0.0515. The van der Waals surface area contributed by atoms with Gasteiger partial charge in [0.2, 0.25) is 5.91 Å². The minimum Gasteiger partial charge on any atom is -0.396 e. The van der Waals surface area contributed by atoms with Gasteiger partial charge in [-0.2, -0.15) is 0 Å². The molecule has 0 bridgehead atoms. The number of carbonyl (C=O) groups excluding carboxylic acids is 1. The van der Waals surface area contributed by atoms with Gasteiger partial charge in [0.1, 0.15) is 0 Å². The van der Waals surface area contributed by atoms with E-state index in [-0.39, 0.29) is 17.9 Å². The summed E-state index contributed by atoms with van der Waals surface area (Å²) in [5.41, 5.74) is -0.156. The molecule has 0 aliphatic heterocycles. The maximum absolute atomic E-state index is 11.3. The van der Waals surface area contributed by atoms with Crippen molar-refractivity contribution in [2.45, 2.75) is 26.7 Å². The Morgan fingerprint density at radius 1 is 1.47 bits per heavy atom. The molecule has 1 aliphatic carbocycles. The molecule has 0 heterocycles. The van der Waals surface area contributed by atoms with Crippen molar-refractivity contribution in [3.05, 3.63) is 0 Å². The van der Waals surface area contributed by atoms with E-state index in [4.69, 9.17) is 5.11 Å².